The van der Waals surface area contributed by atoms with Crippen LogP contribution in [-0.4, -0.2) is 24.1 Å². The van der Waals surface area contributed by atoms with Crippen LogP contribution in [0.3, 0.4) is 0 Å². The SMILES string of the molecule is CNC(Cc1ncc[nH]1)c1ccccc1OC. The van der Waals surface area contributed by atoms with Crippen molar-refractivity contribution >= 4 is 0 Å². The molecular weight excluding hydrogens is 214 g/mol. The van der Waals surface area contributed by atoms with Crippen LogP contribution in [0.2, 0.25) is 0 Å². The molecule has 1 atom stereocenters. The number of likely N-dealkylation sites (N-methyl/N-ethyl adjacent to an activating group) is 1. The van der Waals surface area contributed by atoms with Crippen LogP contribution < -0.4 is 10.1 Å². The van der Waals surface area contributed by atoms with Gasteiger partial charge in [0, 0.05) is 30.4 Å². The maximum absolute atomic E-state index is 5.38. The largest absolute Gasteiger partial charge is 0.496 e. The van der Waals surface area contributed by atoms with E-state index >= 15 is 0 Å². The van der Waals surface area contributed by atoms with Crippen molar-refractivity contribution in [2.75, 3.05) is 14.2 Å². The Hall–Kier alpha value is -1.81. The Morgan fingerprint density at radius 2 is 2.24 bits per heavy atom. The molecule has 0 aliphatic rings. The number of aromatic amines is 1. The van der Waals surface area contributed by atoms with Crippen molar-refractivity contribution in [3.63, 3.8) is 0 Å². The van der Waals surface area contributed by atoms with E-state index in [2.05, 4.69) is 21.4 Å². The third kappa shape index (κ3) is 2.65. The molecule has 1 heterocycles. The number of para-hydroxylation sites is 1. The number of nitrogens with one attached hydrogen (secondary N) is 2. The topological polar surface area (TPSA) is 49.9 Å². The highest BCUT2D eigenvalue weighted by atomic mass is 16.5. The minimum absolute atomic E-state index is 0.192. The van der Waals surface area contributed by atoms with E-state index in [0.29, 0.717) is 0 Å². The summed E-state index contributed by atoms with van der Waals surface area (Å²) < 4.78 is 5.38. The van der Waals surface area contributed by atoms with Crippen molar-refractivity contribution in [3.05, 3.63) is 48.0 Å². The molecule has 2 aromatic rings. The number of H-pyrrole nitrogens is 1. The molecule has 0 saturated carbocycles. The molecular formula is C13H17N3O. The molecule has 4 nitrogen and oxygen atoms in total. The smallest absolute Gasteiger partial charge is 0.123 e. The molecule has 2 rings (SSSR count). The molecule has 17 heavy (non-hydrogen) atoms. The fourth-order valence-corrected chi connectivity index (χ4v) is 1.92. The minimum atomic E-state index is 0.192. The molecule has 1 unspecified atom stereocenters. The lowest BCUT2D eigenvalue weighted by Crippen LogP contribution is -2.20. The summed E-state index contributed by atoms with van der Waals surface area (Å²) >= 11 is 0. The van der Waals surface area contributed by atoms with Gasteiger partial charge in [0.25, 0.3) is 0 Å². The summed E-state index contributed by atoms with van der Waals surface area (Å²) in [5, 5.41) is 3.29. The quantitative estimate of drug-likeness (QED) is 0.826. The Morgan fingerprint density at radius 3 is 2.88 bits per heavy atom. The zero-order chi connectivity index (χ0) is 12.1. The third-order valence-electron chi connectivity index (χ3n) is 2.82. The first-order valence-electron chi connectivity index (χ1n) is 5.63. The summed E-state index contributed by atoms with van der Waals surface area (Å²) in [6.45, 7) is 0. The van der Waals surface area contributed by atoms with Gasteiger partial charge in [0.2, 0.25) is 0 Å². The molecule has 0 amide bonds. The van der Waals surface area contributed by atoms with Crippen molar-refractivity contribution in [2.24, 2.45) is 0 Å². The molecule has 0 radical (unpaired) electrons. The summed E-state index contributed by atoms with van der Waals surface area (Å²) in [7, 11) is 3.64. The lowest BCUT2D eigenvalue weighted by Gasteiger charge is -2.18. The third-order valence-corrected chi connectivity index (χ3v) is 2.82. The van der Waals surface area contributed by atoms with Gasteiger partial charge in [-0.2, -0.15) is 0 Å². The van der Waals surface area contributed by atoms with E-state index in [9.17, 15) is 0 Å². The number of imidazole rings is 1. The van der Waals surface area contributed by atoms with E-state index in [4.69, 9.17) is 4.74 Å². The van der Waals surface area contributed by atoms with Gasteiger partial charge in [-0.15, -0.1) is 0 Å². The molecule has 0 aliphatic heterocycles. The first-order valence-corrected chi connectivity index (χ1v) is 5.63. The molecule has 1 aromatic carbocycles. The number of rotatable bonds is 5. The first-order chi connectivity index (χ1) is 8.35. The highest BCUT2D eigenvalue weighted by Gasteiger charge is 2.15. The van der Waals surface area contributed by atoms with Gasteiger partial charge in [0.1, 0.15) is 11.6 Å². The average Bonchev–Trinajstić information content (AvgIpc) is 2.89. The van der Waals surface area contributed by atoms with Gasteiger partial charge in [-0.3, -0.25) is 0 Å². The highest BCUT2D eigenvalue weighted by molar-refractivity contribution is 5.36. The molecule has 0 fully saturated rings. The summed E-state index contributed by atoms with van der Waals surface area (Å²) in [5.74, 6) is 1.87. The number of nitrogens with zero attached hydrogens (tertiary/aromatic N) is 1. The van der Waals surface area contributed by atoms with Crippen LogP contribution in [-0.2, 0) is 6.42 Å². The Balaban J connectivity index is 2.22. The lowest BCUT2D eigenvalue weighted by molar-refractivity contribution is 0.400. The van der Waals surface area contributed by atoms with Crippen LogP contribution in [0.5, 0.6) is 5.75 Å². The van der Waals surface area contributed by atoms with Gasteiger partial charge < -0.3 is 15.0 Å². The van der Waals surface area contributed by atoms with Gasteiger partial charge in [-0.05, 0) is 13.1 Å². The maximum Gasteiger partial charge on any atom is 0.123 e. The zero-order valence-electron chi connectivity index (χ0n) is 10.1. The summed E-state index contributed by atoms with van der Waals surface area (Å²) in [5.41, 5.74) is 1.15. The van der Waals surface area contributed by atoms with E-state index in [1.54, 1.807) is 13.3 Å². The van der Waals surface area contributed by atoms with Gasteiger partial charge in [-0.1, -0.05) is 18.2 Å². The predicted molar refractivity (Wildman–Crippen MR) is 67.1 cm³/mol. The zero-order valence-corrected chi connectivity index (χ0v) is 10.1. The van der Waals surface area contributed by atoms with E-state index in [-0.39, 0.29) is 6.04 Å². The van der Waals surface area contributed by atoms with E-state index in [0.717, 1.165) is 23.6 Å². The van der Waals surface area contributed by atoms with E-state index < -0.39 is 0 Å². The van der Waals surface area contributed by atoms with Crippen molar-refractivity contribution in [1.82, 2.24) is 15.3 Å². The van der Waals surface area contributed by atoms with Crippen LogP contribution in [0.4, 0.5) is 0 Å². The van der Waals surface area contributed by atoms with Crippen LogP contribution >= 0.6 is 0 Å². The highest BCUT2D eigenvalue weighted by Crippen LogP contribution is 2.26. The molecule has 0 bridgehead atoms. The van der Waals surface area contributed by atoms with Crippen LogP contribution in [0.15, 0.2) is 36.7 Å². The van der Waals surface area contributed by atoms with Crippen molar-refractivity contribution in [2.45, 2.75) is 12.5 Å². The maximum atomic E-state index is 5.38. The Morgan fingerprint density at radius 1 is 1.41 bits per heavy atom. The normalized spacial score (nSPS) is 12.4. The standard InChI is InChI=1S/C13H17N3O/c1-14-11(9-13-15-7-8-16-13)10-5-3-4-6-12(10)17-2/h3-8,11,14H,9H2,1-2H3,(H,15,16). The average molecular weight is 231 g/mol. The molecule has 4 heteroatoms. The Labute approximate surface area is 101 Å². The number of benzene rings is 1. The van der Waals surface area contributed by atoms with E-state index in [1.807, 2.05) is 31.4 Å². The predicted octanol–water partition coefficient (Wildman–Crippen LogP) is 1.92. The van der Waals surface area contributed by atoms with Crippen molar-refractivity contribution in [3.8, 4) is 5.75 Å². The van der Waals surface area contributed by atoms with Gasteiger partial charge in [-0.25, -0.2) is 4.98 Å². The number of aromatic nitrogens is 2. The summed E-state index contributed by atoms with van der Waals surface area (Å²) in [6, 6.07) is 8.23. The molecule has 1 aromatic heterocycles. The van der Waals surface area contributed by atoms with Crippen molar-refractivity contribution in [1.29, 1.82) is 0 Å². The number of hydrogen-bond acceptors (Lipinski definition) is 3. The summed E-state index contributed by atoms with van der Waals surface area (Å²) in [4.78, 5) is 7.37. The number of methoxy groups -OCH3 is 1. The van der Waals surface area contributed by atoms with Crippen LogP contribution in [0.25, 0.3) is 0 Å². The van der Waals surface area contributed by atoms with Gasteiger partial charge >= 0.3 is 0 Å². The fourth-order valence-electron chi connectivity index (χ4n) is 1.92. The summed E-state index contributed by atoms with van der Waals surface area (Å²) in [6.07, 6.45) is 4.42. The second-order valence-electron chi connectivity index (χ2n) is 3.82. The van der Waals surface area contributed by atoms with E-state index in [1.165, 1.54) is 0 Å². The van der Waals surface area contributed by atoms with Crippen LogP contribution in [0, 0.1) is 0 Å². The molecule has 0 saturated heterocycles. The van der Waals surface area contributed by atoms with Gasteiger partial charge in [0.15, 0.2) is 0 Å². The number of ether oxygens (including phenoxy) is 1. The Kier molecular flexibility index (Phi) is 3.77. The minimum Gasteiger partial charge on any atom is -0.496 e. The monoisotopic (exact) mass is 231 g/mol. The fraction of sp³-hybridized carbons (Fsp3) is 0.308. The second-order valence-corrected chi connectivity index (χ2v) is 3.82. The molecule has 0 aliphatic carbocycles. The first kappa shape index (κ1) is 11.7. The second kappa shape index (κ2) is 5.50. The Bertz CT molecular complexity index is 453. The lowest BCUT2D eigenvalue weighted by atomic mass is 10.0. The van der Waals surface area contributed by atoms with Crippen molar-refractivity contribution < 1.29 is 4.74 Å². The molecule has 2 N–H and O–H groups in total. The number of hydrogen-bond donors (Lipinski definition) is 2. The molecule has 90 valence electrons. The van der Waals surface area contributed by atoms with Crippen LogP contribution in [0.1, 0.15) is 17.4 Å². The molecule has 0 spiro atoms. The van der Waals surface area contributed by atoms with Gasteiger partial charge in [0.05, 0.1) is 7.11 Å².